The van der Waals surface area contributed by atoms with Crippen LogP contribution in [0.15, 0.2) is 0 Å². The minimum Gasteiger partial charge on any atom is -0.368 e. The summed E-state index contributed by atoms with van der Waals surface area (Å²) in [5, 5.41) is 3.01. The van der Waals surface area contributed by atoms with Gasteiger partial charge >= 0.3 is 0 Å². The third kappa shape index (κ3) is 3.66. The van der Waals surface area contributed by atoms with Gasteiger partial charge in [-0.1, -0.05) is 0 Å². The molecule has 2 unspecified atom stereocenters. The van der Waals surface area contributed by atoms with Crippen molar-refractivity contribution in [1.82, 2.24) is 10.2 Å². The second-order valence-electron chi connectivity index (χ2n) is 5.20. The average Bonchev–Trinajstić information content (AvgIpc) is 2.70. The minimum atomic E-state index is -2.95. The summed E-state index contributed by atoms with van der Waals surface area (Å²) >= 11 is 0. The monoisotopic (exact) mass is 277 g/mol. The van der Waals surface area contributed by atoms with Crippen LogP contribution >= 0.6 is 0 Å². The number of hydrogen-bond acceptors (Lipinski definition) is 5. The lowest BCUT2D eigenvalue weighted by Gasteiger charge is -2.28. The zero-order chi connectivity index (χ0) is 14.0. The van der Waals surface area contributed by atoms with E-state index in [0.29, 0.717) is 19.4 Å². The SMILES string of the molecule is CNC1(C(N)=O)CCC(N(C)CCS(C)(=O)=O)C1. The summed E-state index contributed by atoms with van der Waals surface area (Å²) in [6, 6.07) is 0.201. The van der Waals surface area contributed by atoms with Gasteiger partial charge in [0.2, 0.25) is 5.91 Å². The van der Waals surface area contributed by atoms with Crippen molar-refractivity contribution in [2.75, 3.05) is 32.6 Å². The Bertz CT molecular complexity index is 410. The summed E-state index contributed by atoms with van der Waals surface area (Å²) in [6.45, 7) is 0.488. The first-order chi connectivity index (χ1) is 8.20. The Hall–Kier alpha value is -0.660. The highest BCUT2D eigenvalue weighted by molar-refractivity contribution is 7.90. The van der Waals surface area contributed by atoms with Gasteiger partial charge in [-0.15, -0.1) is 0 Å². The fourth-order valence-electron chi connectivity index (χ4n) is 2.46. The maximum atomic E-state index is 11.5. The molecule has 0 radical (unpaired) electrons. The largest absolute Gasteiger partial charge is 0.368 e. The molecule has 0 aliphatic heterocycles. The molecule has 106 valence electrons. The number of sulfone groups is 1. The molecule has 0 spiro atoms. The van der Waals surface area contributed by atoms with Gasteiger partial charge in [0, 0.05) is 18.8 Å². The molecule has 1 aliphatic rings. The van der Waals surface area contributed by atoms with Gasteiger partial charge in [-0.2, -0.15) is 0 Å². The van der Waals surface area contributed by atoms with Crippen LogP contribution < -0.4 is 11.1 Å². The maximum Gasteiger partial charge on any atom is 0.237 e. The van der Waals surface area contributed by atoms with Gasteiger partial charge in [-0.25, -0.2) is 8.42 Å². The van der Waals surface area contributed by atoms with Crippen LogP contribution in [0.4, 0.5) is 0 Å². The van der Waals surface area contributed by atoms with Gasteiger partial charge in [0.25, 0.3) is 0 Å². The van der Waals surface area contributed by atoms with Crippen molar-refractivity contribution in [2.45, 2.75) is 30.8 Å². The lowest BCUT2D eigenvalue weighted by Crippen LogP contribution is -2.53. The minimum absolute atomic E-state index is 0.142. The van der Waals surface area contributed by atoms with E-state index in [0.717, 1.165) is 6.42 Å². The highest BCUT2D eigenvalue weighted by Crippen LogP contribution is 2.32. The normalized spacial score (nSPS) is 28.8. The second-order valence-corrected chi connectivity index (χ2v) is 7.46. The number of carbonyl (C=O) groups excluding carboxylic acids is 1. The van der Waals surface area contributed by atoms with Crippen molar-refractivity contribution in [3.05, 3.63) is 0 Å². The molecule has 1 amide bonds. The molecule has 6 nitrogen and oxygen atoms in total. The predicted molar refractivity (Wildman–Crippen MR) is 71.0 cm³/mol. The quantitative estimate of drug-likeness (QED) is 0.647. The van der Waals surface area contributed by atoms with E-state index in [4.69, 9.17) is 5.73 Å². The molecule has 0 saturated heterocycles. The molecular weight excluding hydrogens is 254 g/mol. The van der Waals surface area contributed by atoms with Crippen LogP contribution in [0.25, 0.3) is 0 Å². The summed E-state index contributed by atoms with van der Waals surface area (Å²) in [7, 11) is 0.683. The van der Waals surface area contributed by atoms with Crippen LogP contribution in [0.1, 0.15) is 19.3 Å². The molecule has 0 aromatic heterocycles. The van der Waals surface area contributed by atoms with Crippen molar-refractivity contribution in [2.24, 2.45) is 5.73 Å². The highest BCUT2D eigenvalue weighted by Gasteiger charge is 2.43. The van der Waals surface area contributed by atoms with E-state index in [2.05, 4.69) is 5.32 Å². The molecule has 0 heterocycles. The first kappa shape index (κ1) is 15.4. The molecular formula is C11H23N3O3S. The Labute approximate surface area is 109 Å². The topological polar surface area (TPSA) is 92.5 Å². The first-order valence-electron chi connectivity index (χ1n) is 6.07. The lowest BCUT2D eigenvalue weighted by molar-refractivity contribution is -0.124. The fourth-order valence-corrected chi connectivity index (χ4v) is 3.08. The zero-order valence-electron chi connectivity index (χ0n) is 11.3. The van der Waals surface area contributed by atoms with Gasteiger partial charge in [-0.3, -0.25) is 4.79 Å². The third-order valence-corrected chi connectivity index (χ3v) is 4.80. The fraction of sp³-hybridized carbons (Fsp3) is 0.909. The molecule has 7 heteroatoms. The molecule has 1 saturated carbocycles. The van der Waals surface area contributed by atoms with Gasteiger partial charge < -0.3 is 16.0 Å². The average molecular weight is 277 g/mol. The van der Waals surface area contributed by atoms with Crippen LogP contribution in [0.5, 0.6) is 0 Å². The van der Waals surface area contributed by atoms with Crippen molar-refractivity contribution in [3.63, 3.8) is 0 Å². The van der Waals surface area contributed by atoms with Crippen molar-refractivity contribution < 1.29 is 13.2 Å². The van der Waals surface area contributed by atoms with E-state index >= 15 is 0 Å². The number of rotatable bonds is 6. The number of hydrogen-bond donors (Lipinski definition) is 2. The van der Waals surface area contributed by atoms with E-state index in [1.165, 1.54) is 6.26 Å². The molecule has 18 heavy (non-hydrogen) atoms. The van der Waals surface area contributed by atoms with E-state index in [1.54, 1.807) is 7.05 Å². The molecule has 0 aromatic carbocycles. The number of nitrogens with zero attached hydrogens (tertiary/aromatic N) is 1. The van der Waals surface area contributed by atoms with Crippen LogP contribution in [-0.4, -0.2) is 63.5 Å². The van der Waals surface area contributed by atoms with E-state index < -0.39 is 15.4 Å². The van der Waals surface area contributed by atoms with Crippen LogP contribution in [-0.2, 0) is 14.6 Å². The van der Waals surface area contributed by atoms with Gasteiger partial charge in [0.05, 0.1) is 11.3 Å². The summed E-state index contributed by atoms with van der Waals surface area (Å²) in [6.07, 6.45) is 3.42. The Balaban J connectivity index is 2.58. The number of primary amides is 1. The molecule has 1 aliphatic carbocycles. The standard InChI is InChI=1S/C11H23N3O3S/c1-13-11(10(12)15)5-4-9(8-11)14(2)6-7-18(3,16)17/h9,13H,4-8H2,1-3H3,(H2,12,15). The van der Waals surface area contributed by atoms with Gasteiger partial charge in [-0.05, 0) is 33.4 Å². The van der Waals surface area contributed by atoms with Crippen molar-refractivity contribution in [3.8, 4) is 0 Å². The number of likely N-dealkylation sites (N-methyl/N-ethyl adjacent to an activating group) is 1. The first-order valence-corrected chi connectivity index (χ1v) is 8.13. The number of nitrogens with one attached hydrogen (secondary N) is 1. The van der Waals surface area contributed by atoms with Crippen LogP contribution in [0, 0.1) is 0 Å². The van der Waals surface area contributed by atoms with Crippen LogP contribution in [0.3, 0.4) is 0 Å². The van der Waals surface area contributed by atoms with E-state index in [1.807, 2.05) is 11.9 Å². The number of carbonyl (C=O) groups is 1. The van der Waals surface area contributed by atoms with E-state index in [-0.39, 0.29) is 17.7 Å². The zero-order valence-corrected chi connectivity index (χ0v) is 12.1. The van der Waals surface area contributed by atoms with Crippen LogP contribution in [0.2, 0.25) is 0 Å². The number of nitrogens with two attached hydrogens (primary N) is 1. The van der Waals surface area contributed by atoms with E-state index in [9.17, 15) is 13.2 Å². The predicted octanol–water partition coefficient (Wildman–Crippen LogP) is -1.04. The Morgan fingerprint density at radius 2 is 2.17 bits per heavy atom. The van der Waals surface area contributed by atoms with Crippen molar-refractivity contribution >= 4 is 15.7 Å². The molecule has 1 rings (SSSR count). The maximum absolute atomic E-state index is 11.5. The van der Waals surface area contributed by atoms with Gasteiger partial charge in [0.15, 0.2) is 0 Å². The third-order valence-electron chi connectivity index (χ3n) is 3.88. The summed E-state index contributed by atoms with van der Waals surface area (Å²) < 4.78 is 22.3. The Kier molecular flexibility index (Phi) is 4.74. The number of amides is 1. The smallest absolute Gasteiger partial charge is 0.237 e. The second kappa shape index (κ2) is 5.54. The summed E-state index contributed by atoms with van der Waals surface area (Å²) in [4.78, 5) is 13.5. The lowest BCUT2D eigenvalue weighted by atomic mass is 9.96. The Morgan fingerprint density at radius 1 is 1.56 bits per heavy atom. The molecule has 1 fully saturated rings. The van der Waals surface area contributed by atoms with Gasteiger partial charge in [0.1, 0.15) is 9.84 Å². The molecule has 0 bridgehead atoms. The molecule has 3 N–H and O–H groups in total. The molecule has 0 aromatic rings. The highest BCUT2D eigenvalue weighted by atomic mass is 32.2. The molecule has 2 atom stereocenters. The summed E-state index contributed by atoms with van der Waals surface area (Å²) in [5.41, 5.74) is 4.80. The summed E-state index contributed by atoms with van der Waals surface area (Å²) in [5.74, 6) is -0.188. The Morgan fingerprint density at radius 3 is 2.56 bits per heavy atom. The van der Waals surface area contributed by atoms with Crippen molar-refractivity contribution in [1.29, 1.82) is 0 Å².